The Morgan fingerprint density at radius 1 is 1.32 bits per heavy atom. The van der Waals surface area contributed by atoms with Gasteiger partial charge in [-0.1, -0.05) is 50.2 Å². The second kappa shape index (κ2) is 8.92. The molecule has 0 aliphatic carbocycles. The number of anilines is 1. The van der Waals surface area contributed by atoms with Gasteiger partial charge in [-0.2, -0.15) is 0 Å². The van der Waals surface area contributed by atoms with Crippen LogP contribution < -0.4 is 10.9 Å². The molecule has 3 rings (SSSR count). The Kier molecular flexibility index (Phi) is 6.57. The molecule has 1 amide bonds. The molecular weight excluding hydrogens is 390 g/mol. The number of nitrogens with zero attached hydrogens (tertiary/aromatic N) is 1. The zero-order valence-electron chi connectivity index (χ0n) is 16.6. The molecule has 0 saturated carbocycles. The molecule has 0 bridgehead atoms. The average molecular weight is 416 g/mol. The van der Waals surface area contributed by atoms with Gasteiger partial charge >= 0.3 is 0 Å². The lowest BCUT2D eigenvalue weighted by molar-refractivity contribution is -0.113. The minimum Gasteiger partial charge on any atom is -0.325 e. The van der Waals surface area contributed by atoms with Crippen LogP contribution >= 0.6 is 23.1 Å². The van der Waals surface area contributed by atoms with E-state index in [4.69, 9.17) is 0 Å². The topological polar surface area (TPSA) is 74.8 Å². The minimum atomic E-state index is -0.123. The lowest BCUT2D eigenvalue weighted by atomic mass is 9.98. The fourth-order valence-corrected chi connectivity index (χ4v) is 4.77. The quantitative estimate of drug-likeness (QED) is 0.424. The van der Waals surface area contributed by atoms with E-state index in [0.29, 0.717) is 16.5 Å². The smallest absolute Gasteiger partial charge is 0.260 e. The van der Waals surface area contributed by atoms with E-state index in [2.05, 4.69) is 29.1 Å². The summed E-state index contributed by atoms with van der Waals surface area (Å²) in [4.78, 5) is 34.3. The van der Waals surface area contributed by atoms with Crippen LogP contribution in [0.1, 0.15) is 36.3 Å². The first-order chi connectivity index (χ1) is 13.4. The third-order valence-electron chi connectivity index (χ3n) is 4.85. The number of carbonyl (C=O) groups excluding carboxylic acids is 1. The van der Waals surface area contributed by atoms with Gasteiger partial charge in [-0.3, -0.25) is 9.59 Å². The van der Waals surface area contributed by atoms with Crippen LogP contribution in [0.5, 0.6) is 0 Å². The van der Waals surface area contributed by atoms with Gasteiger partial charge < -0.3 is 10.3 Å². The Bertz CT molecular complexity index is 1060. The standard InChI is InChI=1S/C21H25N3O2S2/c1-5-12(2)10-15-14(4)28-20-18(15)19(26)23-21(24-20)27-11-17(25)22-16-9-7-6-8-13(16)3/h6-9,12H,5,10-11H2,1-4H3,(H,22,25)(H,23,24,26)/t12-/m0/s1. The summed E-state index contributed by atoms with van der Waals surface area (Å²) < 4.78 is 0. The van der Waals surface area contributed by atoms with E-state index in [1.165, 1.54) is 11.8 Å². The molecule has 3 aromatic rings. The molecule has 0 unspecified atom stereocenters. The van der Waals surface area contributed by atoms with E-state index in [1.807, 2.05) is 38.1 Å². The van der Waals surface area contributed by atoms with Crippen molar-refractivity contribution in [2.75, 3.05) is 11.1 Å². The molecule has 7 heteroatoms. The highest BCUT2D eigenvalue weighted by molar-refractivity contribution is 7.99. The molecule has 2 aromatic heterocycles. The lowest BCUT2D eigenvalue weighted by Gasteiger charge is -2.08. The summed E-state index contributed by atoms with van der Waals surface area (Å²) in [7, 11) is 0. The van der Waals surface area contributed by atoms with Crippen molar-refractivity contribution in [3.8, 4) is 0 Å². The zero-order chi connectivity index (χ0) is 20.3. The first-order valence-corrected chi connectivity index (χ1v) is 11.2. The van der Waals surface area contributed by atoms with Crippen molar-refractivity contribution in [3.05, 3.63) is 50.6 Å². The van der Waals surface area contributed by atoms with Crippen LogP contribution in [0.2, 0.25) is 0 Å². The normalized spacial score (nSPS) is 12.3. The minimum absolute atomic E-state index is 0.116. The monoisotopic (exact) mass is 415 g/mol. The predicted molar refractivity (Wildman–Crippen MR) is 119 cm³/mol. The molecule has 28 heavy (non-hydrogen) atoms. The average Bonchev–Trinajstić information content (AvgIpc) is 2.97. The highest BCUT2D eigenvalue weighted by Crippen LogP contribution is 2.30. The highest BCUT2D eigenvalue weighted by Gasteiger charge is 2.17. The molecule has 0 aliphatic rings. The number of aromatic nitrogens is 2. The lowest BCUT2D eigenvalue weighted by Crippen LogP contribution is -2.16. The Balaban J connectivity index is 1.75. The number of nitrogens with one attached hydrogen (secondary N) is 2. The number of fused-ring (bicyclic) bond motifs is 1. The van der Waals surface area contributed by atoms with Crippen molar-refractivity contribution in [2.24, 2.45) is 5.92 Å². The number of benzene rings is 1. The number of para-hydroxylation sites is 1. The van der Waals surface area contributed by atoms with Crippen LogP contribution in [-0.4, -0.2) is 21.6 Å². The van der Waals surface area contributed by atoms with E-state index in [0.717, 1.165) is 39.4 Å². The van der Waals surface area contributed by atoms with E-state index in [1.54, 1.807) is 11.3 Å². The number of hydrogen-bond acceptors (Lipinski definition) is 5. The number of aryl methyl sites for hydroxylation is 2. The van der Waals surface area contributed by atoms with Crippen LogP contribution in [-0.2, 0) is 11.2 Å². The van der Waals surface area contributed by atoms with Crippen LogP contribution in [0.25, 0.3) is 10.2 Å². The summed E-state index contributed by atoms with van der Waals surface area (Å²) >= 11 is 2.80. The molecule has 0 aliphatic heterocycles. The maximum absolute atomic E-state index is 12.7. The largest absolute Gasteiger partial charge is 0.325 e. The first kappa shape index (κ1) is 20.6. The summed E-state index contributed by atoms with van der Waals surface area (Å²) in [5.41, 5.74) is 2.80. The van der Waals surface area contributed by atoms with Crippen molar-refractivity contribution >= 4 is 44.9 Å². The Morgan fingerprint density at radius 3 is 2.79 bits per heavy atom. The van der Waals surface area contributed by atoms with E-state index in [-0.39, 0.29) is 17.2 Å². The molecule has 148 valence electrons. The van der Waals surface area contributed by atoms with Crippen molar-refractivity contribution in [2.45, 2.75) is 45.7 Å². The van der Waals surface area contributed by atoms with Crippen molar-refractivity contribution < 1.29 is 4.79 Å². The number of aromatic amines is 1. The predicted octanol–water partition coefficient (Wildman–Crippen LogP) is 4.92. The number of rotatable bonds is 7. The van der Waals surface area contributed by atoms with E-state index < -0.39 is 0 Å². The Labute approximate surface area is 173 Å². The molecule has 0 saturated heterocycles. The van der Waals surface area contributed by atoms with Gasteiger partial charge in [0.1, 0.15) is 4.83 Å². The summed E-state index contributed by atoms with van der Waals surface area (Å²) in [5.74, 6) is 0.587. The van der Waals surface area contributed by atoms with Gasteiger partial charge in [-0.15, -0.1) is 11.3 Å². The van der Waals surface area contributed by atoms with Crippen LogP contribution in [0, 0.1) is 19.8 Å². The molecule has 2 N–H and O–H groups in total. The van der Waals surface area contributed by atoms with Gasteiger partial charge in [0.25, 0.3) is 5.56 Å². The van der Waals surface area contributed by atoms with Gasteiger partial charge in [0, 0.05) is 10.6 Å². The number of hydrogen-bond donors (Lipinski definition) is 2. The highest BCUT2D eigenvalue weighted by atomic mass is 32.2. The Hall–Kier alpha value is -2.12. The van der Waals surface area contributed by atoms with Crippen molar-refractivity contribution in [3.63, 3.8) is 0 Å². The van der Waals surface area contributed by atoms with Crippen LogP contribution in [0.3, 0.4) is 0 Å². The zero-order valence-corrected chi connectivity index (χ0v) is 18.2. The summed E-state index contributed by atoms with van der Waals surface area (Å²) in [6.45, 7) is 8.35. The third kappa shape index (κ3) is 4.64. The molecule has 0 fully saturated rings. The molecule has 5 nitrogen and oxygen atoms in total. The molecule has 2 heterocycles. The first-order valence-electron chi connectivity index (χ1n) is 9.39. The van der Waals surface area contributed by atoms with Crippen molar-refractivity contribution in [1.82, 2.24) is 9.97 Å². The van der Waals surface area contributed by atoms with Gasteiger partial charge in [0.2, 0.25) is 5.91 Å². The molecule has 1 aromatic carbocycles. The second-order valence-electron chi connectivity index (χ2n) is 7.06. The summed E-state index contributed by atoms with van der Waals surface area (Å²) in [5, 5.41) is 4.08. The number of amides is 1. The van der Waals surface area contributed by atoms with Crippen molar-refractivity contribution in [1.29, 1.82) is 0 Å². The fourth-order valence-electron chi connectivity index (χ4n) is 3.00. The molecule has 0 radical (unpaired) electrons. The molecule has 0 spiro atoms. The van der Waals surface area contributed by atoms with E-state index in [9.17, 15) is 9.59 Å². The third-order valence-corrected chi connectivity index (χ3v) is 6.76. The van der Waals surface area contributed by atoms with Gasteiger partial charge in [-0.25, -0.2) is 4.98 Å². The fraction of sp³-hybridized carbons (Fsp3) is 0.381. The van der Waals surface area contributed by atoms with Crippen LogP contribution in [0.15, 0.2) is 34.2 Å². The van der Waals surface area contributed by atoms with Gasteiger partial charge in [0.15, 0.2) is 5.16 Å². The second-order valence-corrected chi connectivity index (χ2v) is 9.22. The number of carbonyl (C=O) groups is 1. The maximum Gasteiger partial charge on any atom is 0.260 e. The molecular formula is C21H25N3O2S2. The van der Waals surface area contributed by atoms with Gasteiger partial charge in [0.05, 0.1) is 11.1 Å². The summed E-state index contributed by atoms with van der Waals surface area (Å²) in [6, 6.07) is 7.64. The molecule has 1 atom stereocenters. The number of H-pyrrole nitrogens is 1. The van der Waals surface area contributed by atoms with E-state index >= 15 is 0 Å². The SMILES string of the molecule is CC[C@H](C)Cc1c(C)sc2nc(SCC(=O)Nc3ccccc3C)[nH]c(=O)c12. The summed E-state index contributed by atoms with van der Waals surface area (Å²) in [6.07, 6.45) is 1.96. The van der Waals surface area contributed by atoms with Gasteiger partial charge in [-0.05, 0) is 43.4 Å². The maximum atomic E-state index is 12.7. The Morgan fingerprint density at radius 2 is 2.07 bits per heavy atom. The number of thiophene rings is 1. The van der Waals surface area contributed by atoms with Crippen LogP contribution in [0.4, 0.5) is 5.69 Å². The number of thioether (sulfide) groups is 1.